The normalized spacial score (nSPS) is 32.2. The van der Waals surface area contributed by atoms with E-state index >= 15 is 0 Å². The lowest BCUT2D eigenvalue weighted by Crippen LogP contribution is -2.36. The van der Waals surface area contributed by atoms with Crippen molar-refractivity contribution >= 4 is 23.2 Å². The molecule has 1 N–H and O–H groups in total. The van der Waals surface area contributed by atoms with Crippen molar-refractivity contribution in [1.82, 2.24) is 5.32 Å². The summed E-state index contributed by atoms with van der Waals surface area (Å²) >= 11 is 11.4. The molecule has 1 unspecified atom stereocenters. The maximum absolute atomic E-state index is 5.88. The van der Waals surface area contributed by atoms with Crippen LogP contribution >= 0.6 is 23.2 Å². The lowest BCUT2D eigenvalue weighted by atomic mass is 10.2. The molecule has 0 bridgehead atoms. The second-order valence-electron chi connectivity index (χ2n) is 1.86. The van der Waals surface area contributed by atoms with Crippen LogP contribution in [0, 0.1) is 0 Å². The molecule has 1 atom stereocenters. The van der Waals surface area contributed by atoms with E-state index in [2.05, 4.69) is 5.32 Å². The molecule has 0 saturated carbocycles. The Morgan fingerprint density at radius 3 is 2.56 bits per heavy atom. The van der Waals surface area contributed by atoms with Crippen LogP contribution in [0.1, 0.15) is 0 Å². The fraction of sp³-hybridized carbons (Fsp3) is 0.333. The summed E-state index contributed by atoms with van der Waals surface area (Å²) in [6.45, 7) is 0. The molecule has 3 heteroatoms. The number of hydrogen-bond donors (Lipinski definition) is 1. The van der Waals surface area contributed by atoms with Gasteiger partial charge in [-0.3, -0.25) is 0 Å². The molecule has 50 valence electrons. The molecule has 9 heavy (non-hydrogen) atoms. The van der Waals surface area contributed by atoms with Crippen molar-refractivity contribution in [1.29, 1.82) is 0 Å². The van der Waals surface area contributed by atoms with E-state index in [1.165, 1.54) is 0 Å². The molecule has 1 aliphatic rings. The van der Waals surface area contributed by atoms with Gasteiger partial charge in [-0.2, -0.15) is 0 Å². The van der Waals surface area contributed by atoms with Crippen molar-refractivity contribution in [3.8, 4) is 0 Å². The van der Waals surface area contributed by atoms with Crippen LogP contribution in [0.15, 0.2) is 24.4 Å². The van der Waals surface area contributed by atoms with Gasteiger partial charge in [0.15, 0.2) is 0 Å². The van der Waals surface area contributed by atoms with E-state index in [1.54, 1.807) is 6.20 Å². The SMILES string of the molecule is ClCC1(Cl)C=CC=CN1. The molecule has 1 heterocycles. The van der Waals surface area contributed by atoms with Gasteiger partial charge in [0.05, 0.1) is 5.88 Å². The molecular weight excluding hydrogens is 157 g/mol. The molecule has 1 rings (SSSR count). The molecule has 0 amide bonds. The second kappa shape index (κ2) is 2.63. The van der Waals surface area contributed by atoms with Crippen LogP contribution in [-0.4, -0.2) is 10.9 Å². The predicted molar refractivity (Wildman–Crippen MR) is 40.7 cm³/mol. The number of dihydropyridines is 1. The highest BCUT2D eigenvalue weighted by atomic mass is 35.5. The molecule has 1 nitrogen and oxygen atoms in total. The Morgan fingerprint density at radius 2 is 2.22 bits per heavy atom. The van der Waals surface area contributed by atoms with Crippen LogP contribution < -0.4 is 5.32 Å². The van der Waals surface area contributed by atoms with Gasteiger partial charge in [-0.05, 0) is 18.4 Å². The van der Waals surface area contributed by atoms with E-state index in [1.807, 2.05) is 18.2 Å². The third-order valence-corrected chi connectivity index (χ3v) is 2.01. The Kier molecular flexibility index (Phi) is 2.04. The highest BCUT2D eigenvalue weighted by molar-refractivity contribution is 6.31. The van der Waals surface area contributed by atoms with Crippen LogP contribution in [0.3, 0.4) is 0 Å². The summed E-state index contributed by atoms with van der Waals surface area (Å²) in [5, 5.41) is 2.91. The van der Waals surface area contributed by atoms with Gasteiger partial charge in [-0.15, -0.1) is 11.6 Å². The maximum atomic E-state index is 5.88. The van der Waals surface area contributed by atoms with Gasteiger partial charge in [-0.25, -0.2) is 0 Å². The van der Waals surface area contributed by atoms with Crippen molar-refractivity contribution in [3.05, 3.63) is 24.4 Å². The van der Waals surface area contributed by atoms with Crippen molar-refractivity contribution in [3.63, 3.8) is 0 Å². The Hall–Kier alpha value is -0.140. The maximum Gasteiger partial charge on any atom is 0.144 e. The summed E-state index contributed by atoms with van der Waals surface area (Å²) in [6.07, 6.45) is 7.33. The molecule has 0 fully saturated rings. The number of alkyl halides is 2. The molecule has 0 aliphatic carbocycles. The Labute approximate surface area is 64.3 Å². The zero-order valence-electron chi connectivity index (χ0n) is 4.77. The molecule has 0 saturated heterocycles. The van der Waals surface area contributed by atoms with Crippen LogP contribution in [0.5, 0.6) is 0 Å². The Morgan fingerprint density at radius 1 is 1.44 bits per heavy atom. The van der Waals surface area contributed by atoms with Gasteiger partial charge >= 0.3 is 0 Å². The zero-order chi connectivity index (χ0) is 6.74. The largest absolute Gasteiger partial charge is 0.369 e. The van der Waals surface area contributed by atoms with Crippen molar-refractivity contribution in [2.45, 2.75) is 5.00 Å². The molecule has 0 aromatic heterocycles. The average molecular weight is 164 g/mol. The zero-order valence-corrected chi connectivity index (χ0v) is 6.28. The van der Waals surface area contributed by atoms with Gasteiger partial charge in [0.2, 0.25) is 0 Å². The minimum atomic E-state index is -0.559. The van der Waals surface area contributed by atoms with Crippen molar-refractivity contribution in [2.24, 2.45) is 0 Å². The van der Waals surface area contributed by atoms with Gasteiger partial charge in [0, 0.05) is 0 Å². The molecule has 1 aliphatic heterocycles. The summed E-state index contributed by atoms with van der Waals surface area (Å²) in [7, 11) is 0. The first-order valence-corrected chi connectivity index (χ1v) is 3.55. The van der Waals surface area contributed by atoms with E-state index in [4.69, 9.17) is 23.2 Å². The summed E-state index contributed by atoms with van der Waals surface area (Å²) in [6, 6.07) is 0. The summed E-state index contributed by atoms with van der Waals surface area (Å²) in [5.74, 6) is 0.370. The van der Waals surface area contributed by atoms with Crippen LogP contribution in [-0.2, 0) is 0 Å². The first-order valence-electron chi connectivity index (χ1n) is 2.64. The van der Waals surface area contributed by atoms with E-state index < -0.39 is 5.00 Å². The van der Waals surface area contributed by atoms with Crippen LogP contribution in [0.25, 0.3) is 0 Å². The molecule has 0 aromatic rings. The monoisotopic (exact) mass is 163 g/mol. The van der Waals surface area contributed by atoms with E-state index in [9.17, 15) is 0 Å². The lowest BCUT2D eigenvalue weighted by molar-refractivity contribution is 0.692. The van der Waals surface area contributed by atoms with Crippen LogP contribution in [0.2, 0.25) is 0 Å². The fourth-order valence-corrected chi connectivity index (χ4v) is 0.883. The van der Waals surface area contributed by atoms with Crippen molar-refractivity contribution in [2.75, 3.05) is 5.88 Å². The van der Waals surface area contributed by atoms with Crippen LogP contribution in [0.4, 0.5) is 0 Å². The standard InChI is InChI=1S/C6H7Cl2N/c7-5-6(8)3-1-2-4-9-6/h1-4,9H,5H2. The van der Waals surface area contributed by atoms with E-state index in [0.717, 1.165) is 0 Å². The van der Waals surface area contributed by atoms with Gasteiger partial charge in [0.25, 0.3) is 0 Å². The first kappa shape index (κ1) is 6.97. The van der Waals surface area contributed by atoms with Gasteiger partial charge < -0.3 is 5.32 Å². The summed E-state index contributed by atoms with van der Waals surface area (Å²) in [5.41, 5.74) is 0. The smallest absolute Gasteiger partial charge is 0.144 e. The van der Waals surface area contributed by atoms with Gasteiger partial charge in [0.1, 0.15) is 5.00 Å². The topological polar surface area (TPSA) is 12.0 Å². The third kappa shape index (κ3) is 1.63. The van der Waals surface area contributed by atoms with Crippen molar-refractivity contribution < 1.29 is 0 Å². The number of rotatable bonds is 1. The van der Waals surface area contributed by atoms with E-state index in [-0.39, 0.29) is 0 Å². The third-order valence-electron chi connectivity index (χ3n) is 1.09. The predicted octanol–water partition coefficient (Wildman–Crippen LogP) is 1.83. The quantitative estimate of drug-likeness (QED) is 0.460. The Bertz CT molecular complexity index is 153. The van der Waals surface area contributed by atoms with E-state index in [0.29, 0.717) is 5.88 Å². The average Bonchev–Trinajstić information content (AvgIpc) is 1.90. The number of halogens is 2. The molecule has 0 aromatic carbocycles. The number of allylic oxidation sites excluding steroid dienone is 2. The molecular formula is C6H7Cl2N. The summed E-state index contributed by atoms with van der Waals surface area (Å²) < 4.78 is 0. The highest BCUT2D eigenvalue weighted by Crippen LogP contribution is 2.17. The minimum absolute atomic E-state index is 0.370. The second-order valence-corrected chi connectivity index (χ2v) is 2.80. The first-order chi connectivity index (χ1) is 4.27. The Balaban J connectivity index is 2.63. The molecule has 0 spiro atoms. The fourth-order valence-electron chi connectivity index (χ4n) is 0.582. The summed E-state index contributed by atoms with van der Waals surface area (Å²) in [4.78, 5) is -0.559. The minimum Gasteiger partial charge on any atom is -0.369 e. The lowest BCUT2D eigenvalue weighted by Gasteiger charge is -2.22. The number of nitrogens with one attached hydrogen (secondary N) is 1. The number of hydrogen-bond acceptors (Lipinski definition) is 1. The highest BCUT2D eigenvalue weighted by Gasteiger charge is 2.20. The van der Waals surface area contributed by atoms with Gasteiger partial charge in [-0.1, -0.05) is 17.7 Å². The molecule has 0 radical (unpaired) electrons.